The molecule has 3 heterocycles. The number of likely N-dealkylation sites (tertiary alicyclic amines) is 1. The van der Waals surface area contributed by atoms with Crippen molar-refractivity contribution >= 4 is 16.9 Å². The Labute approximate surface area is 207 Å². The van der Waals surface area contributed by atoms with Crippen LogP contribution >= 0.6 is 0 Å². The number of fused-ring (bicyclic) bond motifs is 1. The Morgan fingerprint density at radius 1 is 1.11 bits per heavy atom. The zero-order valence-corrected chi connectivity index (χ0v) is 19.8. The largest absolute Gasteiger partial charge is 0.418 e. The second-order valence-corrected chi connectivity index (χ2v) is 9.37. The van der Waals surface area contributed by atoms with E-state index in [1.54, 1.807) is 0 Å². The molecule has 10 heteroatoms. The van der Waals surface area contributed by atoms with Crippen molar-refractivity contribution in [2.24, 2.45) is 0 Å². The van der Waals surface area contributed by atoms with E-state index in [-0.39, 0.29) is 41.3 Å². The van der Waals surface area contributed by atoms with Gasteiger partial charge in [-0.05, 0) is 30.5 Å². The number of carbonyl (C=O) groups excluding carboxylic acids is 1. The predicted octanol–water partition coefficient (Wildman–Crippen LogP) is 3.69. The molecule has 0 aliphatic carbocycles. The molecule has 2 fully saturated rings. The second kappa shape index (κ2) is 10.6. The molecule has 1 aromatic heterocycles. The van der Waals surface area contributed by atoms with E-state index in [0.29, 0.717) is 25.7 Å². The van der Waals surface area contributed by atoms with Crippen molar-refractivity contribution < 1.29 is 27.4 Å². The molecule has 3 aromatic rings. The third-order valence-electron chi connectivity index (χ3n) is 6.85. The number of aromatic nitrogens is 2. The summed E-state index contributed by atoms with van der Waals surface area (Å²) in [5, 5.41) is 3.05. The first-order chi connectivity index (χ1) is 17.4. The van der Waals surface area contributed by atoms with Crippen LogP contribution in [0.4, 0.5) is 13.2 Å². The van der Waals surface area contributed by atoms with E-state index in [2.05, 4.69) is 20.2 Å². The summed E-state index contributed by atoms with van der Waals surface area (Å²) in [5.41, 5.74) is 0.307. The molecule has 5 rings (SSSR count). The molecule has 192 valence electrons. The highest BCUT2D eigenvalue weighted by molar-refractivity contribution is 5.82. The van der Waals surface area contributed by atoms with Crippen molar-refractivity contribution in [2.45, 2.75) is 50.2 Å². The molecule has 2 atom stereocenters. The minimum absolute atomic E-state index is 0.148. The fourth-order valence-corrected chi connectivity index (χ4v) is 5.04. The third-order valence-corrected chi connectivity index (χ3v) is 6.85. The van der Waals surface area contributed by atoms with Gasteiger partial charge in [0.15, 0.2) is 0 Å². The van der Waals surface area contributed by atoms with Crippen LogP contribution in [0.25, 0.3) is 11.0 Å². The number of alkyl halides is 3. The summed E-state index contributed by atoms with van der Waals surface area (Å²) in [7, 11) is 0. The van der Waals surface area contributed by atoms with Gasteiger partial charge in [-0.1, -0.05) is 36.4 Å². The maximum absolute atomic E-state index is 13.3. The highest BCUT2D eigenvalue weighted by Crippen LogP contribution is 2.33. The Balaban J connectivity index is 1.27. The van der Waals surface area contributed by atoms with Crippen LogP contribution in [0, 0.1) is 0 Å². The van der Waals surface area contributed by atoms with E-state index in [9.17, 15) is 18.0 Å². The summed E-state index contributed by atoms with van der Waals surface area (Å²) in [6, 6.07) is 13.8. The van der Waals surface area contributed by atoms with Gasteiger partial charge in [-0.15, -0.1) is 0 Å². The van der Waals surface area contributed by atoms with E-state index in [1.807, 2.05) is 30.3 Å². The fourth-order valence-electron chi connectivity index (χ4n) is 5.04. The number of benzene rings is 2. The quantitative estimate of drug-likeness (QED) is 0.515. The van der Waals surface area contributed by atoms with Gasteiger partial charge in [0.2, 0.25) is 5.91 Å². The zero-order chi connectivity index (χ0) is 25.1. The maximum Gasteiger partial charge on any atom is 0.418 e. The van der Waals surface area contributed by atoms with Crippen LogP contribution in [0.3, 0.4) is 0 Å². The molecule has 1 unspecified atom stereocenters. The molecule has 0 spiro atoms. The van der Waals surface area contributed by atoms with Gasteiger partial charge >= 0.3 is 6.18 Å². The lowest BCUT2D eigenvalue weighted by molar-refractivity contribution is -0.136. The van der Waals surface area contributed by atoms with Gasteiger partial charge in [-0.3, -0.25) is 9.69 Å². The van der Waals surface area contributed by atoms with Gasteiger partial charge < -0.3 is 19.8 Å². The first kappa shape index (κ1) is 24.7. The molecule has 0 radical (unpaired) electrons. The number of hydrogen-bond donors (Lipinski definition) is 2. The molecule has 2 aliphatic heterocycles. The number of para-hydroxylation sites is 1. The topological polar surface area (TPSA) is 79.5 Å². The van der Waals surface area contributed by atoms with E-state index in [4.69, 9.17) is 9.47 Å². The number of H-pyrrole nitrogens is 1. The molecular weight excluding hydrogens is 473 g/mol. The van der Waals surface area contributed by atoms with Crippen LogP contribution < -0.4 is 5.32 Å². The van der Waals surface area contributed by atoms with Gasteiger partial charge in [0.05, 0.1) is 36.3 Å². The SMILES string of the molecule is O=C(Cc1nc2c(C(F)(F)F)cccc2[nH]1)NC1CN(C2CCOCC2)C[C@@H]1OCc1ccccc1. The number of imidazole rings is 1. The smallest absolute Gasteiger partial charge is 0.381 e. The van der Waals surface area contributed by atoms with Gasteiger partial charge in [-0.2, -0.15) is 13.2 Å². The molecule has 1 amide bonds. The number of rotatable bonds is 7. The van der Waals surface area contributed by atoms with Crippen LogP contribution in [0.1, 0.15) is 29.8 Å². The Morgan fingerprint density at radius 3 is 2.64 bits per heavy atom. The fraction of sp³-hybridized carbons (Fsp3) is 0.462. The van der Waals surface area contributed by atoms with Crippen LogP contribution in [-0.2, 0) is 33.5 Å². The van der Waals surface area contributed by atoms with Gasteiger partial charge in [0, 0.05) is 32.3 Å². The number of nitrogens with one attached hydrogen (secondary N) is 2. The number of amides is 1. The summed E-state index contributed by atoms with van der Waals surface area (Å²) >= 11 is 0. The Kier molecular flexibility index (Phi) is 7.27. The van der Waals surface area contributed by atoms with Crippen molar-refractivity contribution in [1.82, 2.24) is 20.2 Å². The number of hydrogen-bond acceptors (Lipinski definition) is 5. The minimum Gasteiger partial charge on any atom is -0.381 e. The van der Waals surface area contributed by atoms with Crippen molar-refractivity contribution in [2.75, 3.05) is 26.3 Å². The normalized spacial score (nSPS) is 21.8. The summed E-state index contributed by atoms with van der Waals surface area (Å²) in [6.45, 7) is 3.22. The lowest BCUT2D eigenvalue weighted by Crippen LogP contribution is -2.45. The average Bonchev–Trinajstić information content (AvgIpc) is 3.46. The second-order valence-electron chi connectivity index (χ2n) is 9.37. The summed E-state index contributed by atoms with van der Waals surface area (Å²) in [4.78, 5) is 22.2. The zero-order valence-electron chi connectivity index (χ0n) is 19.8. The molecule has 0 bridgehead atoms. The number of ether oxygens (including phenoxy) is 2. The van der Waals surface area contributed by atoms with Crippen LogP contribution in [0.15, 0.2) is 48.5 Å². The number of carbonyl (C=O) groups is 1. The van der Waals surface area contributed by atoms with Crippen LogP contribution in [0.2, 0.25) is 0 Å². The molecule has 7 nitrogen and oxygen atoms in total. The van der Waals surface area contributed by atoms with Crippen molar-refractivity contribution in [3.05, 3.63) is 65.5 Å². The highest BCUT2D eigenvalue weighted by atomic mass is 19.4. The van der Waals surface area contributed by atoms with E-state index in [0.717, 1.165) is 37.7 Å². The average molecular weight is 503 g/mol. The Morgan fingerprint density at radius 2 is 1.89 bits per heavy atom. The van der Waals surface area contributed by atoms with Crippen molar-refractivity contribution in [1.29, 1.82) is 0 Å². The predicted molar refractivity (Wildman–Crippen MR) is 127 cm³/mol. The van der Waals surface area contributed by atoms with Crippen molar-refractivity contribution in [3.63, 3.8) is 0 Å². The Hall–Kier alpha value is -2.95. The molecule has 2 aromatic carbocycles. The van der Waals surface area contributed by atoms with Gasteiger partial charge in [0.1, 0.15) is 11.3 Å². The number of aromatic amines is 1. The minimum atomic E-state index is -4.52. The van der Waals surface area contributed by atoms with Crippen molar-refractivity contribution in [3.8, 4) is 0 Å². The molecule has 2 saturated heterocycles. The maximum atomic E-state index is 13.3. The summed E-state index contributed by atoms with van der Waals surface area (Å²) < 4.78 is 51.7. The highest BCUT2D eigenvalue weighted by Gasteiger charge is 2.38. The molecule has 2 aliphatic rings. The molecule has 36 heavy (non-hydrogen) atoms. The van der Waals surface area contributed by atoms with Crippen LogP contribution in [0.5, 0.6) is 0 Å². The lowest BCUT2D eigenvalue weighted by Gasteiger charge is -2.30. The van der Waals surface area contributed by atoms with Gasteiger partial charge in [-0.25, -0.2) is 4.98 Å². The van der Waals surface area contributed by atoms with E-state index in [1.165, 1.54) is 12.1 Å². The summed E-state index contributed by atoms with van der Waals surface area (Å²) in [5.74, 6) is -0.116. The van der Waals surface area contributed by atoms with E-state index >= 15 is 0 Å². The molecule has 0 saturated carbocycles. The summed E-state index contributed by atoms with van der Waals surface area (Å²) in [6.07, 6.45) is -3.00. The first-order valence-electron chi connectivity index (χ1n) is 12.2. The molecular formula is C26H29F3N4O3. The number of nitrogens with zero attached hydrogens (tertiary/aromatic N) is 2. The number of halogens is 3. The standard InChI is InChI=1S/C26H29F3N4O3/c27-26(28,29)19-7-4-8-20-25(19)32-23(30-20)13-24(34)31-21-14-33(18-9-11-35-12-10-18)15-22(21)36-16-17-5-2-1-3-6-17/h1-8,18,21-22H,9-16H2,(H,30,32)(H,31,34)/t21?,22-/m0/s1. The Bertz CT molecular complexity index is 1180. The lowest BCUT2D eigenvalue weighted by atomic mass is 10.1. The first-order valence-corrected chi connectivity index (χ1v) is 12.2. The molecule has 2 N–H and O–H groups in total. The third kappa shape index (κ3) is 5.71. The monoisotopic (exact) mass is 502 g/mol. The van der Waals surface area contributed by atoms with Crippen LogP contribution in [-0.4, -0.2) is 65.3 Å². The van der Waals surface area contributed by atoms with E-state index < -0.39 is 11.7 Å². The van der Waals surface area contributed by atoms with Gasteiger partial charge in [0.25, 0.3) is 0 Å².